The zero-order valence-corrected chi connectivity index (χ0v) is 7.54. The van der Waals surface area contributed by atoms with E-state index in [-0.39, 0.29) is 0 Å². The highest BCUT2D eigenvalue weighted by Crippen LogP contribution is 2.10. The van der Waals surface area contributed by atoms with E-state index in [1.807, 2.05) is 13.1 Å². The molecule has 0 atom stereocenters. The molecule has 2 aromatic rings. The van der Waals surface area contributed by atoms with Crippen LogP contribution in [0.15, 0.2) is 12.3 Å². The smallest absolute Gasteiger partial charge is 0.177 e. The van der Waals surface area contributed by atoms with Gasteiger partial charge in [0.1, 0.15) is 5.82 Å². The number of nitrogens with zero attached hydrogens (tertiary/aromatic N) is 2. The zero-order valence-electron chi connectivity index (χ0n) is 7.54. The number of hydrogen-bond donors (Lipinski definition) is 2. The minimum atomic E-state index is 0.653. The van der Waals surface area contributed by atoms with E-state index in [4.69, 9.17) is 5.73 Å². The molecule has 0 aliphatic heterocycles. The standard InChI is InChI=1S/C9H12N4/c1-6-12-8-4-7(2-3-10)5-11-9(8)13-6/h4-5H,2-3,10H2,1H3,(H,11,12,13). The Morgan fingerprint density at radius 2 is 2.38 bits per heavy atom. The second-order valence-corrected chi connectivity index (χ2v) is 3.08. The molecular weight excluding hydrogens is 164 g/mol. The lowest BCUT2D eigenvalue weighted by atomic mass is 10.2. The maximum Gasteiger partial charge on any atom is 0.177 e. The number of imidazole rings is 1. The number of fused-ring (bicyclic) bond motifs is 1. The third kappa shape index (κ3) is 1.53. The van der Waals surface area contributed by atoms with E-state index in [2.05, 4.69) is 21.0 Å². The molecule has 0 radical (unpaired) electrons. The van der Waals surface area contributed by atoms with Crippen molar-refractivity contribution in [1.82, 2.24) is 15.0 Å². The molecule has 0 spiro atoms. The first kappa shape index (κ1) is 8.19. The number of hydrogen-bond acceptors (Lipinski definition) is 3. The van der Waals surface area contributed by atoms with Crippen LogP contribution in [0.3, 0.4) is 0 Å². The molecular formula is C9H12N4. The van der Waals surface area contributed by atoms with Gasteiger partial charge in [-0.3, -0.25) is 0 Å². The van der Waals surface area contributed by atoms with Crippen molar-refractivity contribution in [2.24, 2.45) is 5.73 Å². The van der Waals surface area contributed by atoms with Crippen LogP contribution in [0.5, 0.6) is 0 Å². The molecule has 13 heavy (non-hydrogen) atoms. The number of aryl methyl sites for hydroxylation is 1. The molecule has 0 unspecified atom stereocenters. The lowest BCUT2D eigenvalue weighted by Crippen LogP contribution is -2.02. The van der Waals surface area contributed by atoms with E-state index in [9.17, 15) is 0 Å². The van der Waals surface area contributed by atoms with Gasteiger partial charge >= 0.3 is 0 Å². The number of nitrogens with two attached hydrogens (primary N) is 1. The molecule has 0 aromatic carbocycles. The van der Waals surface area contributed by atoms with E-state index in [0.29, 0.717) is 6.54 Å². The summed E-state index contributed by atoms with van der Waals surface area (Å²) >= 11 is 0. The first-order valence-corrected chi connectivity index (χ1v) is 4.31. The summed E-state index contributed by atoms with van der Waals surface area (Å²) in [6.07, 6.45) is 2.69. The first-order valence-electron chi connectivity index (χ1n) is 4.31. The molecule has 0 saturated heterocycles. The minimum Gasteiger partial charge on any atom is -0.341 e. The maximum absolute atomic E-state index is 5.46. The van der Waals surface area contributed by atoms with Crippen molar-refractivity contribution in [3.8, 4) is 0 Å². The van der Waals surface area contributed by atoms with E-state index >= 15 is 0 Å². The molecule has 0 fully saturated rings. The maximum atomic E-state index is 5.46. The third-order valence-corrected chi connectivity index (χ3v) is 1.95. The van der Waals surface area contributed by atoms with Crippen molar-refractivity contribution in [3.63, 3.8) is 0 Å². The summed E-state index contributed by atoms with van der Waals surface area (Å²) in [7, 11) is 0. The fourth-order valence-electron chi connectivity index (χ4n) is 1.37. The van der Waals surface area contributed by atoms with E-state index in [0.717, 1.165) is 29.0 Å². The van der Waals surface area contributed by atoms with Crippen molar-refractivity contribution < 1.29 is 0 Å². The average Bonchev–Trinajstić information content (AvgIpc) is 2.44. The number of aromatic amines is 1. The Labute approximate surface area is 76.2 Å². The Kier molecular flexibility index (Phi) is 1.98. The second-order valence-electron chi connectivity index (χ2n) is 3.08. The van der Waals surface area contributed by atoms with Crippen molar-refractivity contribution in [3.05, 3.63) is 23.7 Å². The highest BCUT2D eigenvalue weighted by Gasteiger charge is 2.00. The van der Waals surface area contributed by atoms with Gasteiger partial charge in [-0.25, -0.2) is 9.97 Å². The molecule has 2 heterocycles. The molecule has 0 aliphatic rings. The van der Waals surface area contributed by atoms with Crippen LogP contribution in [0.1, 0.15) is 11.4 Å². The van der Waals surface area contributed by atoms with Gasteiger partial charge in [-0.2, -0.15) is 0 Å². The largest absolute Gasteiger partial charge is 0.341 e. The van der Waals surface area contributed by atoms with Crippen LogP contribution in [-0.4, -0.2) is 21.5 Å². The van der Waals surface area contributed by atoms with Crippen LogP contribution < -0.4 is 5.73 Å². The van der Waals surface area contributed by atoms with Gasteiger partial charge in [0.2, 0.25) is 0 Å². The predicted octanol–water partition coefficient (Wildman–Crippen LogP) is 0.768. The molecule has 3 N–H and O–H groups in total. The Hall–Kier alpha value is -1.42. The van der Waals surface area contributed by atoms with Crippen LogP contribution in [0.2, 0.25) is 0 Å². The summed E-state index contributed by atoms with van der Waals surface area (Å²) in [5, 5.41) is 0. The molecule has 2 rings (SSSR count). The van der Waals surface area contributed by atoms with Crippen LogP contribution in [-0.2, 0) is 6.42 Å². The van der Waals surface area contributed by atoms with Crippen LogP contribution in [0.4, 0.5) is 0 Å². The molecule has 4 heteroatoms. The van der Waals surface area contributed by atoms with Gasteiger partial charge < -0.3 is 10.7 Å². The van der Waals surface area contributed by atoms with E-state index in [1.165, 1.54) is 0 Å². The average molecular weight is 176 g/mol. The highest BCUT2D eigenvalue weighted by molar-refractivity contribution is 5.70. The zero-order chi connectivity index (χ0) is 9.26. The summed E-state index contributed by atoms with van der Waals surface area (Å²) in [6, 6.07) is 2.05. The summed E-state index contributed by atoms with van der Waals surface area (Å²) in [6.45, 7) is 2.57. The van der Waals surface area contributed by atoms with Crippen molar-refractivity contribution in [2.45, 2.75) is 13.3 Å². The molecule has 68 valence electrons. The van der Waals surface area contributed by atoms with Gasteiger partial charge in [0.25, 0.3) is 0 Å². The topological polar surface area (TPSA) is 67.6 Å². The van der Waals surface area contributed by atoms with Crippen LogP contribution in [0, 0.1) is 6.92 Å². The van der Waals surface area contributed by atoms with Gasteiger partial charge in [0, 0.05) is 6.20 Å². The van der Waals surface area contributed by atoms with E-state index in [1.54, 1.807) is 0 Å². The Bertz CT molecular complexity index is 418. The van der Waals surface area contributed by atoms with Crippen LogP contribution >= 0.6 is 0 Å². The second kappa shape index (κ2) is 3.14. The van der Waals surface area contributed by atoms with Crippen molar-refractivity contribution >= 4 is 11.2 Å². The number of nitrogens with one attached hydrogen (secondary N) is 1. The molecule has 4 nitrogen and oxygen atoms in total. The normalized spacial score (nSPS) is 10.9. The van der Waals surface area contributed by atoms with Crippen LogP contribution in [0.25, 0.3) is 11.2 Å². The van der Waals surface area contributed by atoms with Gasteiger partial charge in [-0.1, -0.05) is 0 Å². The first-order chi connectivity index (χ1) is 6.29. The molecule has 2 aromatic heterocycles. The highest BCUT2D eigenvalue weighted by atomic mass is 15.0. The molecule has 0 amide bonds. The fraction of sp³-hybridized carbons (Fsp3) is 0.333. The van der Waals surface area contributed by atoms with Gasteiger partial charge in [0.05, 0.1) is 5.52 Å². The summed E-state index contributed by atoms with van der Waals surface area (Å²) in [5.41, 5.74) is 8.37. The SMILES string of the molecule is Cc1nc2ncc(CCN)cc2[nH]1. The lowest BCUT2D eigenvalue weighted by molar-refractivity contribution is 0.962. The predicted molar refractivity (Wildman–Crippen MR) is 51.4 cm³/mol. The number of H-pyrrole nitrogens is 1. The number of pyridine rings is 1. The van der Waals surface area contributed by atoms with E-state index < -0.39 is 0 Å². The quantitative estimate of drug-likeness (QED) is 0.710. The Morgan fingerprint density at radius 1 is 1.54 bits per heavy atom. The van der Waals surface area contributed by atoms with Crippen molar-refractivity contribution in [2.75, 3.05) is 6.54 Å². The Balaban J connectivity index is 2.48. The third-order valence-electron chi connectivity index (χ3n) is 1.95. The van der Waals surface area contributed by atoms with Gasteiger partial charge in [0.15, 0.2) is 5.65 Å². The van der Waals surface area contributed by atoms with Gasteiger partial charge in [-0.15, -0.1) is 0 Å². The molecule has 0 bridgehead atoms. The van der Waals surface area contributed by atoms with Gasteiger partial charge in [-0.05, 0) is 31.5 Å². The monoisotopic (exact) mass is 176 g/mol. The number of rotatable bonds is 2. The van der Waals surface area contributed by atoms with Crippen molar-refractivity contribution in [1.29, 1.82) is 0 Å². The molecule has 0 aliphatic carbocycles. The lowest BCUT2D eigenvalue weighted by Gasteiger charge is -1.95. The minimum absolute atomic E-state index is 0.653. The summed E-state index contributed by atoms with van der Waals surface area (Å²) < 4.78 is 0. The molecule has 0 saturated carbocycles. The number of aromatic nitrogens is 3. The summed E-state index contributed by atoms with van der Waals surface area (Å²) in [4.78, 5) is 11.6. The summed E-state index contributed by atoms with van der Waals surface area (Å²) in [5.74, 6) is 0.896. The Morgan fingerprint density at radius 3 is 3.15 bits per heavy atom. The fourth-order valence-corrected chi connectivity index (χ4v) is 1.37.